The van der Waals surface area contributed by atoms with Crippen LogP contribution in [-0.4, -0.2) is 28.7 Å². The van der Waals surface area contributed by atoms with E-state index in [-0.39, 0.29) is 0 Å². The van der Waals surface area contributed by atoms with Crippen LogP contribution < -0.4 is 0 Å². The van der Waals surface area contributed by atoms with Gasteiger partial charge in [0.1, 0.15) is 17.5 Å². The summed E-state index contributed by atoms with van der Waals surface area (Å²) in [6.07, 6.45) is 0. The van der Waals surface area contributed by atoms with Gasteiger partial charge >= 0.3 is 0 Å². The standard InChI is InChI=1S/C38H26N4.C19H13BrN2/c1-3-15-27(16-4-1)37-39-31-21-9-13-25-35(31)41(37)33-23-11-7-19-29(33)30-20-8-12-24-34(30)42-36-26-14-10-22-32(36)40-38(42)28-17-5-2-6-18-28;20-15-10-4-6-12-17(15)22-18-13-7-5-11-16(18)21-19(22)14-8-2-1-3-9-14/h1-26H;1-13H. The maximum absolute atomic E-state index is 5.11. The van der Waals surface area contributed by atoms with E-state index in [1.165, 1.54) is 0 Å². The molecule has 64 heavy (non-hydrogen) atoms. The molecule has 304 valence electrons. The number of hydrogen-bond donors (Lipinski definition) is 0. The second-order valence-electron chi connectivity index (χ2n) is 15.4. The van der Waals surface area contributed by atoms with Gasteiger partial charge in [-0.3, -0.25) is 13.7 Å². The second kappa shape index (κ2) is 17.0. The van der Waals surface area contributed by atoms with Crippen LogP contribution in [0, 0.1) is 0 Å². The molecule has 0 aliphatic carbocycles. The molecule has 0 aliphatic heterocycles. The van der Waals surface area contributed by atoms with Gasteiger partial charge in [-0.25, -0.2) is 15.0 Å². The van der Waals surface area contributed by atoms with Crippen LogP contribution in [0.2, 0.25) is 0 Å². The summed E-state index contributed by atoms with van der Waals surface area (Å²) in [7, 11) is 0. The molecule has 0 unspecified atom stereocenters. The number of aromatic nitrogens is 6. The number of halogens is 1. The fourth-order valence-corrected chi connectivity index (χ4v) is 9.04. The van der Waals surface area contributed by atoms with Crippen molar-refractivity contribution in [1.29, 1.82) is 0 Å². The third-order valence-corrected chi connectivity index (χ3v) is 12.1. The van der Waals surface area contributed by atoms with E-state index in [9.17, 15) is 0 Å². The molecule has 3 aromatic heterocycles. The Hall–Kier alpha value is -8.13. The molecule has 0 radical (unpaired) electrons. The van der Waals surface area contributed by atoms with Crippen molar-refractivity contribution in [3.63, 3.8) is 0 Å². The Morgan fingerprint density at radius 3 is 0.922 bits per heavy atom. The SMILES string of the molecule is Brc1ccccc1-n1c(-c2ccccc2)nc2ccccc21.c1ccc(-c2nc3ccccc3n2-c2ccccc2-c2ccccc2-n2c(-c3ccccc3)nc3ccccc32)cc1. The van der Waals surface area contributed by atoms with Crippen molar-refractivity contribution < 1.29 is 0 Å². The first kappa shape index (κ1) is 38.8. The molecule has 0 bridgehead atoms. The van der Waals surface area contributed by atoms with E-state index in [4.69, 9.17) is 15.0 Å². The minimum absolute atomic E-state index is 0.916. The van der Waals surface area contributed by atoms with Crippen LogP contribution in [0.4, 0.5) is 0 Å². The summed E-state index contributed by atoms with van der Waals surface area (Å²) < 4.78 is 7.84. The molecule has 7 heteroatoms. The molecule has 12 aromatic rings. The van der Waals surface area contributed by atoms with Gasteiger partial charge in [0.25, 0.3) is 0 Å². The molecule has 0 saturated heterocycles. The predicted molar refractivity (Wildman–Crippen MR) is 266 cm³/mol. The summed E-state index contributed by atoms with van der Waals surface area (Å²) in [6.45, 7) is 0. The minimum atomic E-state index is 0.916. The second-order valence-corrected chi connectivity index (χ2v) is 16.2. The number of fused-ring (bicyclic) bond motifs is 3. The molecule has 3 heterocycles. The summed E-state index contributed by atoms with van der Waals surface area (Å²) in [5.41, 5.74) is 14.9. The lowest BCUT2D eigenvalue weighted by Crippen LogP contribution is -2.03. The van der Waals surface area contributed by atoms with Crippen molar-refractivity contribution >= 4 is 49.0 Å². The molecule has 0 N–H and O–H groups in total. The van der Waals surface area contributed by atoms with Crippen molar-refractivity contribution in [3.05, 3.63) is 241 Å². The molecular formula is C57H39BrN6. The summed E-state index contributed by atoms with van der Waals surface area (Å²) >= 11 is 3.66. The average Bonchev–Trinajstić information content (AvgIpc) is 4.08. The van der Waals surface area contributed by atoms with Gasteiger partial charge in [-0.1, -0.05) is 176 Å². The Kier molecular flexibility index (Phi) is 10.3. The first-order valence-electron chi connectivity index (χ1n) is 21.2. The Morgan fingerprint density at radius 1 is 0.266 bits per heavy atom. The van der Waals surface area contributed by atoms with Crippen LogP contribution >= 0.6 is 15.9 Å². The van der Waals surface area contributed by atoms with Crippen LogP contribution in [0.5, 0.6) is 0 Å². The number of imidazole rings is 3. The van der Waals surface area contributed by atoms with Crippen molar-refractivity contribution in [3.8, 4) is 62.4 Å². The van der Waals surface area contributed by atoms with Gasteiger partial charge < -0.3 is 0 Å². The highest BCUT2D eigenvalue weighted by Crippen LogP contribution is 2.39. The molecular weight excluding hydrogens is 849 g/mol. The first-order chi connectivity index (χ1) is 31.7. The smallest absolute Gasteiger partial charge is 0.145 e. The van der Waals surface area contributed by atoms with Gasteiger partial charge in [0.15, 0.2) is 0 Å². The van der Waals surface area contributed by atoms with E-state index >= 15 is 0 Å². The van der Waals surface area contributed by atoms with Crippen LogP contribution in [0.1, 0.15) is 0 Å². The summed E-state index contributed by atoms with van der Waals surface area (Å²) in [6, 6.07) is 81.5. The maximum Gasteiger partial charge on any atom is 0.145 e. The Morgan fingerprint density at radius 2 is 0.547 bits per heavy atom. The van der Waals surface area contributed by atoms with E-state index in [0.29, 0.717) is 0 Å². The Labute approximate surface area is 379 Å². The highest BCUT2D eigenvalue weighted by molar-refractivity contribution is 9.10. The third kappa shape index (κ3) is 7.08. The summed E-state index contributed by atoms with van der Waals surface area (Å²) in [5, 5.41) is 0. The summed E-state index contributed by atoms with van der Waals surface area (Å²) in [5.74, 6) is 2.79. The fourth-order valence-electron chi connectivity index (χ4n) is 8.58. The maximum atomic E-state index is 5.11. The number of benzene rings is 9. The van der Waals surface area contributed by atoms with Gasteiger partial charge in [-0.15, -0.1) is 0 Å². The van der Waals surface area contributed by atoms with Crippen molar-refractivity contribution in [2.45, 2.75) is 0 Å². The van der Waals surface area contributed by atoms with E-state index < -0.39 is 0 Å². The highest BCUT2D eigenvalue weighted by Gasteiger charge is 2.22. The largest absolute Gasteiger partial charge is 0.292 e. The number of nitrogens with zero attached hydrogens (tertiary/aromatic N) is 6. The topological polar surface area (TPSA) is 53.5 Å². The molecule has 12 rings (SSSR count). The van der Waals surface area contributed by atoms with E-state index in [1.54, 1.807) is 0 Å². The number of rotatable bonds is 7. The van der Waals surface area contributed by atoms with Crippen LogP contribution in [0.25, 0.3) is 95.5 Å². The van der Waals surface area contributed by atoms with Crippen LogP contribution in [0.15, 0.2) is 241 Å². The van der Waals surface area contributed by atoms with Crippen molar-refractivity contribution in [1.82, 2.24) is 28.7 Å². The molecule has 0 fully saturated rings. The Balaban J connectivity index is 0.000000174. The zero-order valence-electron chi connectivity index (χ0n) is 34.6. The minimum Gasteiger partial charge on any atom is -0.292 e. The van der Waals surface area contributed by atoms with Crippen molar-refractivity contribution in [2.24, 2.45) is 0 Å². The molecule has 0 amide bonds. The van der Waals surface area contributed by atoms with Crippen LogP contribution in [-0.2, 0) is 0 Å². The van der Waals surface area contributed by atoms with Crippen LogP contribution in [0.3, 0.4) is 0 Å². The predicted octanol–water partition coefficient (Wildman–Crippen LogP) is 14.8. The fraction of sp³-hybridized carbons (Fsp3) is 0. The van der Waals surface area contributed by atoms with E-state index in [2.05, 4.69) is 199 Å². The van der Waals surface area contributed by atoms with Gasteiger partial charge in [0.2, 0.25) is 0 Å². The Bertz CT molecular complexity index is 3410. The lowest BCUT2D eigenvalue weighted by atomic mass is 10.0. The van der Waals surface area contributed by atoms with Gasteiger partial charge in [0, 0.05) is 32.3 Å². The molecule has 0 aliphatic rings. The zero-order chi connectivity index (χ0) is 42.8. The molecule has 6 nitrogen and oxygen atoms in total. The molecule has 0 atom stereocenters. The van der Waals surface area contributed by atoms with Crippen molar-refractivity contribution in [2.75, 3.05) is 0 Å². The number of hydrogen-bond acceptors (Lipinski definition) is 3. The summed E-state index contributed by atoms with van der Waals surface area (Å²) in [4.78, 5) is 15.1. The average molecular weight is 888 g/mol. The molecule has 9 aromatic carbocycles. The number of para-hydroxylation sites is 9. The van der Waals surface area contributed by atoms with Gasteiger partial charge in [-0.05, 0) is 76.6 Å². The lowest BCUT2D eigenvalue weighted by Gasteiger charge is -2.19. The van der Waals surface area contributed by atoms with E-state index in [1.807, 2.05) is 66.7 Å². The molecule has 0 saturated carbocycles. The van der Waals surface area contributed by atoms with Gasteiger partial charge in [0.05, 0.1) is 50.2 Å². The third-order valence-electron chi connectivity index (χ3n) is 11.5. The monoisotopic (exact) mass is 886 g/mol. The highest BCUT2D eigenvalue weighted by atomic mass is 79.9. The van der Waals surface area contributed by atoms with E-state index in [0.717, 1.165) is 99.9 Å². The quantitative estimate of drug-likeness (QED) is 0.160. The molecule has 0 spiro atoms. The first-order valence-corrected chi connectivity index (χ1v) is 22.0. The normalized spacial score (nSPS) is 11.2. The zero-order valence-corrected chi connectivity index (χ0v) is 36.2. The van der Waals surface area contributed by atoms with Gasteiger partial charge in [-0.2, -0.15) is 0 Å². The lowest BCUT2D eigenvalue weighted by molar-refractivity contribution is 1.09.